The zero-order chi connectivity index (χ0) is 17.1. The van der Waals surface area contributed by atoms with Gasteiger partial charge in [-0.1, -0.05) is 25.1 Å². The van der Waals surface area contributed by atoms with E-state index in [0.717, 1.165) is 37.2 Å². The van der Waals surface area contributed by atoms with E-state index in [9.17, 15) is 9.59 Å². The summed E-state index contributed by atoms with van der Waals surface area (Å²) in [4.78, 5) is 26.7. The van der Waals surface area contributed by atoms with Gasteiger partial charge in [0.25, 0.3) is 0 Å². The van der Waals surface area contributed by atoms with Crippen LogP contribution in [0.2, 0.25) is 0 Å². The molecule has 0 spiro atoms. The molecule has 5 heteroatoms. The van der Waals surface area contributed by atoms with Crippen molar-refractivity contribution in [2.45, 2.75) is 32.7 Å². The van der Waals surface area contributed by atoms with Crippen molar-refractivity contribution in [3.05, 3.63) is 29.8 Å². The largest absolute Gasteiger partial charge is 0.496 e. The van der Waals surface area contributed by atoms with Crippen LogP contribution in [0.25, 0.3) is 0 Å². The molecule has 0 aromatic heterocycles. The van der Waals surface area contributed by atoms with Crippen LogP contribution in [0.5, 0.6) is 5.75 Å². The Labute approximate surface area is 143 Å². The Hall–Kier alpha value is -2.04. The van der Waals surface area contributed by atoms with E-state index >= 15 is 0 Å². The molecular formula is C19H26N2O3. The number of piperidine rings is 1. The van der Waals surface area contributed by atoms with Gasteiger partial charge in [-0.3, -0.25) is 9.59 Å². The van der Waals surface area contributed by atoms with Crippen molar-refractivity contribution in [2.75, 3.05) is 20.2 Å². The third kappa shape index (κ3) is 3.71. The summed E-state index contributed by atoms with van der Waals surface area (Å²) < 4.78 is 5.29. The molecule has 24 heavy (non-hydrogen) atoms. The minimum absolute atomic E-state index is 0.0235. The molecule has 1 heterocycles. The summed E-state index contributed by atoms with van der Waals surface area (Å²) in [5.74, 6) is 1.34. The lowest BCUT2D eigenvalue weighted by Gasteiger charge is -2.30. The number of hydrogen-bond donors (Lipinski definition) is 1. The van der Waals surface area contributed by atoms with Crippen LogP contribution in [-0.4, -0.2) is 36.9 Å². The summed E-state index contributed by atoms with van der Waals surface area (Å²) in [7, 11) is 1.62. The molecule has 2 fully saturated rings. The Balaban J connectivity index is 1.48. The summed E-state index contributed by atoms with van der Waals surface area (Å²) in [5.41, 5.74) is 0.946. The van der Waals surface area contributed by atoms with Gasteiger partial charge in [0.05, 0.1) is 18.9 Å². The molecule has 130 valence electrons. The van der Waals surface area contributed by atoms with E-state index in [1.54, 1.807) is 7.11 Å². The molecule has 1 saturated heterocycles. The first-order valence-corrected chi connectivity index (χ1v) is 8.78. The molecule has 3 rings (SSSR count). The zero-order valence-corrected chi connectivity index (χ0v) is 14.5. The monoisotopic (exact) mass is 330 g/mol. The number of ether oxygens (including phenoxy) is 1. The van der Waals surface area contributed by atoms with E-state index in [4.69, 9.17) is 4.74 Å². The fourth-order valence-electron chi connectivity index (χ4n) is 3.38. The lowest BCUT2D eigenvalue weighted by atomic mass is 9.99. The minimum atomic E-state index is -0.161. The van der Waals surface area contributed by atoms with Crippen LogP contribution in [0.1, 0.15) is 31.7 Å². The SMILES string of the molecule is COc1ccccc1CNC(=O)C1CC1C(=O)N1CCC(C)CC1. The number of rotatable bonds is 5. The normalized spacial score (nSPS) is 23.7. The Bertz CT molecular complexity index is 608. The van der Waals surface area contributed by atoms with Gasteiger partial charge in [0.15, 0.2) is 0 Å². The highest BCUT2D eigenvalue weighted by atomic mass is 16.5. The van der Waals surface area contributed by atoms with Gasteiger partial charge in [0.1, 0.15) is 5.75 Å². The van der Waals surface area contributed by atoms with Crippen molar-refractivity contribution < 1.29 is 14.3 Å². The second-order valence-electron chi connectivity index (χ2n) is 6.99. The van der Waals surface area contributed by atoms with Crippen LogP contribution in [0, 0.1) is 17.8 Å². The van der Waals surface area contributed by atoms with Crippen molar-refractivity contribution in [3.63, 3.8) is 0 Å². The van der Waals surface area contributed by atoms with Gasteiger partial charge >= 0.3 is 0 Å². The lowest BCUT2D eigenvalue weighted by molar-refractivity contribution is -0.135. The zero-order valence-electron chi connectivity index (χ0n) is 14.5. The molecule has 2 amide bonds. The first-order valence-electron chi connectivity index (χ1n) is 8.78. The van der Waals surface area contributed by atoms with E-state index in [-0.39, 0.29) is 23.7 Å². The number of hydrogen-bond acceptors (Lipinski definition) is 3. The van der Waals surface area contributed by atoms with Crippen molar-refractivity contribution in [1.29, 1.82) is 0 Å². The summed E-state index contributed by atoms with van der Waals surface area (Å²) in [6, 6.07) is 7.63. The summed E-state index contributed by atoms with van der Waals surface area (Å²) >= 11 is 0. The third-order valence-corrected chi connectivity index (χ3v) is 5.19. The van der Waals surface area contributed by atoms with E-state index in [1.807, 2.05) is 29.2 Å². The average molecular weight is 330 g/mol. The number of methoxy groups -OCH3 is 1. The van der Waals surface area contributed by atoms with Crippen LogP contribution in [0.4, 0.5) is 0 Å². The standard InChI is InChI=1S/C19H26N2O3/c1-13-7-9-21(10-8-13)19(23)16-11-15(16)18(22)20-12-14-5-3-4-6-17(14)24-2/h3-6,13,15-16H,7-12H2,1-2H3,(H,20,22). The second kappa shape index (κ2) is 7.24. The topological polar surface area (TPSA) is 58.6 Å². The maximum absolute atomic E-state index is 12.5. The molecule has 0 bridgehead atoms. The molecule has 1 aliphatic heterocycles. The van der Waals surface area contributed by atoms with Crippen LogP contribution >= 0.6 is 0 Å². The van der Waals surface area contributed by atoms with Crippen LogP contribution < -0.4 is 10.1 Å². The highest BCUT2D eigenvalue weighted by Gasteiger charge is 2.49. The minimum Gasteiger partial charge on any atom is -0.496 e. The van der Waals surface area contributed by atoms with Crippen molar-refractivity contribution in [1.82, 2.24) is 10.2 Å². The van der Waals surface area contributed by atoms with Crippen LogP contribution in [0.15, 0.2) is 24.3 Å². The molecule has 1 aromatic carbocycles. The van der Waals surface area contributed by atoms with Gasteiger partial charge in [-0.15, -0.1) is 0 Å². The Kier molecular flexibility index (Phi) is 5.07. The molecular weight excluding hydrogens is 304 g/mol. The molecule has 2 atom stereocenters. The van der Waals surface area contributed by atoms with Gasteiger partial charge in [0, 0.05) is 25.2 Å². The highest BCUT2D eigenvalue weighted by molar-refractivity contribution is 5.92. The summed E-state index contributed by atoms with van der Waals surface area (Å²) in [6.45, 7) is 4.34. The number of carbonyl (C=O) groups excluding carboxylic acids is 2. The Morgan fingerprint density at radius 2 is 1.92 bits per heavy atom. The van der Waals surface area contributed by atoms with Gasteiger partial charge in [0.2, 0.25) is 11.8 Å². The average Bonchev–Trinajstić information content (AvgIpc) is 3.41. The first kappa shape index (κ1) is 16.8. The fourth-order valence-corrected chi connectivity index (χ4v) is 3.38. The number of nitrogens with zero attached hydrogens (tertiary/aromatic N) is 1. The molecule has 1 N–H and O–H groups in total. The number of nitrogens with one attached hydrogen (secondary N) is 1. The maximum Gasteiger partial charge on any atom is 0.226 e. The van der Waals surface area contributed by atoms with Gasteiger partial charge < -0.3 is 15.0 Å². The Morgan fingerprint density at radius 1 is 1.21 bits per heavy atom. The van der Waals surface area contributed by atoms with Gasteiger partial charge in [-0.2, -0.15) is 0 Å². The number of amides is 2. The van der Waals surface area contributed by atoms with Gasteiger partial charge in [-0.25, -0.2) is 0 Å². The second-order valence-corrected chi connectivity index (χ2v) is 6.99. The van der Waals surface area contributed by atoms with Crippen LogP contribution in [0.3, 0.4) is 0 Å². The highest BCUT2D eigenvalue weighted by Crippen LogP contribution is 2.40. The van der Waals surface area contributed by atoms with Crippen molar-refractivity contribution in [2.24, 2.45) is 17.8 Å². The maximum atomic E-state index is 12.5. The molecule has 1 aromatic rings. The van der Waals surface area contributed by atoms with Crippen molar-refractivity contribution in [3.8, 4) is 5.75 Å². The number of likely N-dealkylation sites (tertiary alicyclic amines) is 1. The van der Waals surface area contributed by atoms with Crippen LogP contribution in [-0.2, 0) is 16.1 Å². The number of carbonyl (C=O) groups is 2. The van der Waals surface area contributed by atoms with E-state index in [0.29, 0.717) is 18.9 Å². The summed E-state index contributed by atoms with van der Waals surface area (Å²) in [5, 5.41) is 2.94. The smallest absolute Gasteiger partial charge is 0.226 e. The third-order valence-electron chi connectivity index (χ3n) is 5.19. The predicted octanol–water partition coefficient (Wildman–Crippen LogP) is 2.21. The first-order chi connectivity index (χ1) is 11.6. The van der Waals surface area contributed by atoms with Crippen molar-refractivity contribution >= 4 is 11.8 Å². The molecule has 2 unspecified atom stereocenters. The van der Waals surface area contributed by atoms with E-state index < -0.39 is 0 Å². The predicted molar refractivity (Wildman–Crippen MR) is 91.4 cm³/mol. The quantitative estimate of drug-likeness (QED) is 0.900. The fraction of sp³-hybridized carbons (Fsp3) is 0.579. The lowest BCUT2D eigenvalue weighted by Crippen LogP contribution is -2.39. The summed E-state index contributed by atoms with van der Waals surface area (Å²) in [6.07, 6.45) is 2.83. The van der Waals surface area contributed by atoms with E-state index in [1.165, 1.54) is 0 Å². The molecule has 1 aliphatic carbocycles. The molecule has 5 nitrogen and oxygen atoms in total. The number of para-hydroxylation sites is 1. The molecule has 2 aliphatic rings. The Morgan fingerprint density at radius 3 is 2.62 bits per heavy atom. The number of benzene rings is 1. The molecule has 0 radical (unpaired) electrons. The molecule has 1 saturated carbocycles. The van der Waals surface area contributed by atoms with E-state index in [2.05, 4.69) is 12.2 Å². The van der Waals surface area contributed by atoms with Gasteiger partial charge in [-0.05, 0) is 31.2 Å².